The van der Waals surface area contributed by atoms with Gasteiger partial charge in [0.05, 0.1) is 10.9 Å². The molecule has 1 aromatic heterocycles. The van der Waals surface area contributed by atoms with Crippen molar-refractivity contribution in [2.45, 2.75) is 13.3 Å². The van der Waals surface area contributed by atoms with Crippen molar-refractivity contribution in [3.8, 4) is 0 Å². The molecule has 96 valence electrons. The molecule has 6 heteroatoms. The molecule has 5 nitrogen and oxygen atoms in total. The second kappa shape index (κ2) is 5.35. The van der Waals surface area contributed by atoms with Crippen molar-refractivity contribution in [1.29, 1.82) is 0 Å². The molecule has 1 amide bonds. The number of carbonyl (C=O) groups excluding carboxylic acids is 2. The maximum atomic E-state index is 11.5. The summed E-state index contributed by atoms with van der Waals surface area (Å²) in [7, 11) is 0. The van der Waals surface area contributed by atoms with E-state index < -0.39 is 5.91 Å². The Hall–Kier alpha value is -1.62. The number of aromatic nitrogens is 1. The zero-order valence-corrected chi connectivity index (χ0v) is 10.6. The number of pyridine rings is 1. The standard InChI is InChI=1S/C12H13ClN2O3/c1-7-4-9(7)12(17)18-6-11(16)15-10-3-2-8(13)5-14-10/h2-3,5,7,9H,4,6H2,1H3,(H,14,15,16)/t7-,9+/m0/s1. The van der Waals surface area contributed by atoms with Gasteiger partial charge in [0.25, 0.3) is 5.91 Å². The third-order valence-corrected chi connectivity index (χ3v) is 2.98. The van der Waals surface area contributed by atoms with Gasteiger partial charge in [-0.25, -0.2) is 4.98 Å². The number of amides is 1. The summed E-state index contributed by atoms with van der Waals surface area (Å²) in [6.45, 7) is 1.69. The van der Waals surface area contributed by atoms with Gasteiger partial charge in [-0.15, -0.1) is 0 Å². The average Bonchev–Trinajstić information content (AvgIpc) is 3.06. The smallest absolute Gasteiger partial charge is 0.309 e. The molecule has 0 spiro atoms. The van der Waals surface area contributed by atoms with Gasteiger partial charge in [0.1, 0.15) is 5.82 Å². The van der Waals surface area contributed by atoms with Crippen LogP contribution < -0.4 is 5.32 Å². The molecular weight excluding hydrogens is 256 g/mol. The van der Waals surface area contributed by atoms with E-state index in [9.17, 15) is 9.59 Å². The normalized spacial score (nSPS) is 21.2. The highest BCUT2D eigenvalue weighted by atomic mass is 35.5. The number of hydrogen-bond donors (Lipinski definition) is 1. The van der Waals surface area contributed by atoms with Gasteiger partial charge in [0, 0.05) is 6.20 Å². The average molecular weight is 269 g/mol. The van der Waals surface area contributed by atoms with E-state index in [2.05, 4.69) is 10.3 Å². The SMILES string of the molecule is C[C@H]1C[C@H]1C(=O)OCC(=O)Nc1ccc(Cl)cn1. The Morgan fingerprint density at radius 1 is 1.56 bits per heavy atom. The first kappa shape index (κ1) is 12.8. The lowest BCUT2D eigenvalue weighted by Crippen LogP contribution is -2.22. The number of nitrogens with zero attached hydrogens (tertiary/aromatic N) is 1. The van der Waals surface area contributed by atoms with Crippen molar-refractivity contribution in [2.24, 2.45) is 11.8 Å². The van der Waals surface area contributed by atoms with Crippen molar-refractivity contribution in [2.75, 3.05) is 11.9 Å². The van der Waals surface area contributed by atoms with Crippen LogP contribution in [-0.4, -0.2) is 23.5 Å². The molecule has 1 aliphatic rings. The monoisotopic (exact) mass is 268 g/mol. The summed E-state index contributed by atoms with van der Waals surface area (Å²) in [5, 5.41) is 3.00. The summed E-state index contributed by atoms with van der Waals surface area (Å²) in [5.74, 6) is -0.00150. The summed E-state index contributed by atoms with van der Waals surface area (Å²) >= 11 is 5.66. The summed E-state index contributed by atoms with van der Waals surface area (Å²) in [6.07, 6.45) is 2.27. The fourth-order valence-corrected chi connectivity index (χ4v) is 1.63. The van der Waals surface area contributed by atoms with E-state index in [4.69, 9.17) is 16.3 Å². The second-order valence-corrected chi connectivity index (χ2v) is 4.77. The fourth-order valence-electron chi connectivity index (χ4n) is 1.52. The van der Waals surface area contributed by atoms with Gasteiger partial charge >= 0.3 is 5.97 Å². The molecule has 2 rings (SSSR count). The van der Waals surface area contributed by atoms with Crippen LogP contribution in [0.2, 0.25) is 5.02 Å². The number of anilines is 1. The van der Waals surface area contributed by atoms with Crippen LogP contribution in [0.15, 0.2) is 18.3 Å². The van der Waals surface area contributed by atoms with Crippen molar-refractivity contribution < 1.29 is 14.3 Å². The van der Waals surface area contributed by atoms with Crippen LogP contribution in [0, 0.1) is 11.8 Å². The van der Waals surface area contributed by atoms with Crippen LogP contribution in [0.3, 0.4) is 0 Å². The van der Waals surface area contributed by atoms with Crippen LogP contribution >= 0.6 is 11.6 Å². The predicted octanol–water partition coefficient (Wildman–Crippen LogP) is 1.87. The van der Waals surface area contributed by atoms with Gasteiger partial charge in [-0.2, -0.15) is 0 Å². The van der Waals surface area contributed by atoms with E-state index in [0.717, 1.165) is 6.42 Å². The summed E-state index contributed by atoms with van der Waals surface area (Å²) in [4.78, 5) is 26.7. The Morgan fingerprint density at radius 2 is 2.28 bits per heavy atom. The summed E-state index contributed by atoms with van der Waals surface area (Å²) in [5.41, 5.74) is 0. The molecule has 1 aliphatic carbocycles. The molecule has 1 aromatic rings. The molecule has 1 N–H and O–H groups in total. The van der Waals surface area contributed by atoms with E-state index in [0.29, 0.717) is 16.8 Å². The van der Waals surface area contributed by atoms with Crippen LogP contribution in [0.5, 0.6) is 0 Å². The Morgan fingerprint density at radius 3 is 2.83 bits per heavy atom. The van der Waals surface area contributed by atoms with Gasteiger partial charge in [-0.1, -0.05) is 18.5 Å². The first-order valence-electron chi connectivity index (χ1n) is 5.64. The fraction of sp³-hybridized carbons (Fsp3) is 0.417. The lowest BCUT2D eigenvalue weighted by molar-refractivity contribution is -0.148. The van der Waals surface area contributed by atoms with Crippen LogP contribution in [0.25, 0.3) is 0 Å². The topological polar surface area (TPSA) is 68.3 Å². The van der Waals surface area contributed by atoms with Gasteiger partial charge in [-0.3, -0.25) is 9.59 Å². The largest absolute Gasteiger partial charge is 0.455 e. The molecule has 0 saturated heterocycles. The number of esters is 1. The number of rotatable bonds is 4. The quantitative estimate of drug-likeness (QED) is 0.847. The highest BCUT2D eigenvalue weighted by Crippen LogP contribution is 2.38. The second-order valence-electron chi connectivity index (χ2n) is 4.34. The highest BCUT2D eigenvalue weighted by molar-refractivity contribution is 6.30. The minimum Gasteiger partial charge on any atom is -0.455 e. The van der Waals surface area contributed by atoms with Gasteiger partial charge in [-0.05, 0) is 24.5 Å². The van der Waals surface area contributed by atoms with Crippen molar-refractivity contribution in [3.63, 3.8) is 0 Å². The minimum absolute atomic E-state index is 0.0357. The molecule has 0 radical (unpaired) electrons. The van der Waals surface area contributed by atoms with Gasteiger partial charge in [0.2, 0.25) is 0 Å². The predicted molar refractivity (Wildman–Crippen MR) is 66.1 cm³/mol. The molecule has 0 aliphatic heterocycles. The first-order valence-corrected chi connectivity index (χ1v) is 6.02. The Bertz CT molecular complexity index is 461. The molecule has 0 aromatic carbocycles. The zero-order chi connectivity index (χ0) is 13.1. The lowest BCUT2D eigenvalue weighted by Gasteiger charge is -2.05. The number of hydrogen-bond acceptors (Lipinski definition) is 4. The molecule has 1 heterocycles. The molecule has 1 fully saturated rings. The van der Waals surface area contributed by atoms with Crippen LogP contribution in [0.1, 0.15) is 13.3 Å². The van der Waals surface area contributed by atoms with E-state index in [1.54, 1.807) is 12.1 Å². The summed E-state index contributed by atoms with van der Waals surface area (Å²) in [6, 6.07) is 3.19. The third kappa shape index (κ3) is 3.43. The number of carbonyl (C=O) groups is 2. The van der Waals surface area contributed by atoms with E-state index in [-0.39, 0.29) is 18.5 Å². The number of halogens is 1. The number of ether oxygens (including phenoxy) is 1. The molecule has 0 bridgehead atoms. The third-order valence-electron chi connectivity index (χ3n) is 2.75. The van der Waals surface area contributed by atoms with Gasteiger partial charge < -0.3 is 10.1 Å². The molecule has 1 saturated carbocycles. The highest BCUT2D eigenvalue weighted by Gasteiger charge is 2.40. The van der Waals surface area contributed by atoms with Gasteiger partial charge in [0.15, 0.2) is 6.61 Å². The maximum absolute atomic E-state index is 11.5. The number of nitrogens with one attached hydrogen (secondary N) is 1. The zero-order valence-electron chi connectivity index (χ0n) is 9.85. The Kier molecular flexibility index (Phi) is 3.81. The lowest BCUT2D eigenvalue weighted by atomic mass is 10.3. The minimum atomic E-state index is -0.411. The molecule has 0 unspecified atom stereocenters. The summed E-state index contributed by atoms with van der Waals surface area (Å²) < 4.78 is 4.89. The maximum Gasteiger partial charge on any atom is 0.309 e. The Balaban J connectivity index is 1.75. The molecule has 2 atom stereocenters. The first-order chi connectivity index (χ1) is 8.56. The van der Waals surface area contributed by atoms with E-state index in [1.165, 1.54) is 6.20 Å². The van der Waals surface area contributed by atoms with Crippen molar-refractivity contribution >= 4 is 29.3 Å². The van der Waals surface area contributed by atoms with E-state index >= 15 is 0 Å². The Labute approximate surface area is 109 Å². The van der Waals surface area contributed by atoms with E-state index in [1.807, 2.05) is 6.92 Å². The van der Waals surface area contributed by atoms with Crippen LogP contribution in [0.4, 0.5) is 5.82 Å². The van der Waals surface area contributed by atoms with Crippen molar-refractivity contribution in [3.05, 3.63) is 23.4 Å². The van der Waals surface area contributed by atoms with Crippen molar-refractivity contribution in [1.82, 2.24) is 4.98 Å². The van der Waals surface area contributed by atoms with Crippen LogP contribution in [-0.2, 0) is 14.3 Å². The molecular formula is C12H13ClN2O3. The molecule has 18 heavy (non-hydrogen) atoms.